The average molecular weight is 175 g/mol. The highest BCUT2D eigenvalue weighted by Crippen LogP contribution is 2.09. The van der Waals surface area contributed by atoms with E-state index in [4.69, 9.17) is 11.6 Å². The van der Waals surface area contributed by atoms with E-state index in [1.807, 2.05) is 13.8 Å². The fourth-order valence-corrected chi connectivity index (χ4v) is 0.381. The van der Waals surface area contributed by atoms with Gasteiger partial charge in [-0.05, 0) is 25.8 Å². The number of hydrogen-bond donors (Lipinski definition) is 0. The summed E-state index contributed by atoms with van der Waals surface area (Å²) in [6.07, 6.45) is 1.72. The Balaban J connectivity index is 3.93. The first-order chi connectivity index (χ1) is 5.07. The molecule has 0 aromatic heterocycles. The molecule has 0 aromatic carbocycles. The quantitative estimate of drug-likeness (QED) is 0.462. The lowest BCUT2D eigenvalue weighted by atomic mass is 10.1. The summed E-state index contributed by atoms with van der Waals surface area (Å²) in [4.78, 5) is 0. The van der Waals surface area contributed by atoms with Crippen LogP contribution in [0.25, 0.3) is 0 Å². The minimum Gasteiger partial charge on any atom is -0.184 e. The molecule has 0 aromatic rings. The minimum absolute atomic E-state index is 0.240. The van der Waals surface area contributed by atoms with Gasteiger partial charge in [0.15, 0.2) is 0 Å². The molecule has 11 heavy (non-hydrogen) atoms. The minimum atomic E-state index is 0.240. The molecule has 0 radical (unpaired) electrons. The highest BCUT2D eigenvalue weighted by atomic mass is 35.5. The summed E-state index contributed by atoms with van der Waals surface area (Å²) in [7, 11) is 0. The lowest BCUT2D eigenvalue weighted by molar-refractivity contribution is 0.512. The highest BCUT2D eigenvalue weighted by Gasteiger charge is 2.03. The first kappa shape index (κ1) is 10.6. The highest BCUT2D eigenvalue weighted by molar-refractivity contribution is 6.29. The van der Waals surface area contributed by atoms with Crippen LogP contribution in [0, 0.1) is 5.92 Å². The molecule has 0 heterocycles. The zero-order valence-electron chi connectivity index (χ0n) is 7.50. The maximum atomic E-state index is 5.61. The molecule has 3 heteroatoms. The first-order valence-electron chi connectivity index (χ1n) is 3.80. The average Bonchev–Trinajstić information content (AvgIpc) is 1.99. The monoisotopic (exact) mass is 174 g/mol. The SMILES string of the molecule is C/C=C(Cl)\N=N/C(C)C(C)C. The van der Waals surface area contributed by atoms with Crippen LogP contribution in [0.15, 0.2) is 21.5 Å². The molecule has 0 aliphatic rings. The van der Waals surface area contributed by atoms with Crippen molar-refractivity contribution in [3.05, 3.63) is 11.2 Å². The van der Waals surface area contributed by atoms with Gasteiger partial charge in [-0.25, -0.2) is 0 Å². The van der Waals surface area contributed by atoms with E-state index in [2.05, 4.69) is 24.1 Å². The predicted molar refractivity (Wildman–Crippen MR) is 48.8 cm³/mol. The largest absolute Gasteiger partial charge is 0.184 e. The van der Waals surface area contributed by atoms with Crippen molar-refractivity contribution in [3.63, 3.8) is 0 Å². The van der Waals surface area contributed by atoms with Gasteiger partial charge in [0.2, 0.25) is 0 Å². The van der Waals surface area contributed by atoms with Crippen LogP contribution in [0.5, 0.6) is 0 Å². The van der Waals surface area contributed by atoms with Crippen LogP contribution in [-0.4, -0.2) is 6.04 Å². The summed E-state index contributed by atoms with van der Waals surface area (Å²) in [5.74, 6) is 0.514. The number of nitrogens with zero attached hydrogens (tertiary/aromatic N) is 2. The van der Waals surface area contributed by atoms with Crippen LogP contribution < -0.4 is 0 Å². The number of rotatable bonds is 3. The smallest absolute Gasteiger partial charge is 0.146 e. The Morgan fingerprint density at radius 1 is 1.36 bits per heavy atom. The van der Waals surface area contributed by atoms with Gasteiger partial charge in [-0.15, -0.1) is 5.11 Å². The van der Waals surface area contributed by atoms with Crippen LogP contribution in [0.3, 0.4) is 0 Å². The van der Waals surface area contributed by atoms with E-state index in [0.29, 0.717) is 11.1 Å². The van der Waals surface area contributed by atoms with E-state index in [1.54, 1.807) is 6.08 Å². The van der Waals surface area contributed by atoms with Gasteiger partial charge in [0, 0.05) is 0 Å². The molecule has 64 valence electrons. The molecule has 0 spiro atoms. The standard InChI is InChI=1S/C8H15ClN2/c1-5-8(9)11-10-7(4)6(2)3/h5-7H,1-4H3/b8-5-,11-10-. The third kappa shape index (κ3) is 4.96. The topological polar surface area (TPSA) is 24.7 Å². The van der Waals surface area contributed by atoms with Gasteiger partial charge < -0.3 is 0 Å². The van der Waals surface area contributed by atoms with Gasteiger partial charge >= 0.3 is 0 Å². The lowest BCUT2D eigenvalue weighted by Gasteiger charge is -2.06. The van der Waals surface area contributed by atoms with Gasteiger partial charge in [0.1, 0.15) is 5.16 Å². The van der Waals surface area contributed by atoms with Crippen LogP contribution in [0.4, 0.5) is 0 Å². The Bertz CT molecular complexity index is 161. The molecule has 1 unspecified atom stereocenters. The van der Waals surface area contributed by atoms with E-state index in [-0.39, 0.29) is 6.04 Å². The van der Waals surface area contributed by atoms with Crippen molar-refractivity contribution in [3.8, 4) is 0 Å². The fourth-order valence-electron chi connectivity index (χ4n) is 0.337. The van der Waals surface area contributed by atoms with Crippen LogP contribution in [0.2, 0.25) is 0 Å². The first-order valence-corrected chi connectivity index (χ1v) is 4.18. The Morgan fingerprint density at radius 3 is 2.27 bits per heavy atom. The van der Waals surface area contributed by atoms with Crippen molar-refractivity contribution in [1.82, 2.24) is 0 Å². The molecule has 0 rings (SSSR count). The summed E-state index contributed by atoms with van der Waals surface area (Å²) in [6.45, 7) is 8.07. The molecule has 0 aliphatic heterocycles. The van der Waals surface area contributed by atoms with Crippen molar-refractivity contribution in [2.24, 2.45) is 16.1 Å². The van der Waals surface area contributed by atoms with E-state index in [9.17, 15) is 0 Å². The van der Waals surface area contributed by atoms with Crippen molar-refractivity contribution in [1.29, 1.82) is 0 Å². The summed E-state index contributed by atoms with van der Waals surface area (Å²) < 4.78 is 0. The Labute approximate surface area is 73.4 Å². The molecule has 2 nitrogen and oxygen atoms in total. The second-order valence-corrected chi connectivity index (χ2v) is 3.20. The van der Waals surface area contributed by atoms with E-state index < -0.39 is 0 Å². The second kappa shape index (κ2) is 5.30. The Morgan fingerprint density at radius 2 is 1.91 bits per heavy atom. The Hall–Kier alpha value is -0.370. The molecule has 0 saturated heterocycles. The zero-order chi connectivity index (χ0) is 8.85. The van der Waals surface area contributed by atoms with Crippen molar-refractivity contribution >= 4 is 11.6 Å². The second-order valence-electron chi connectivity index (χ2n) is 2.81. The number of hydrogen-bond acceptors (Lipinski definition) is 2. The van der Waals surface area contributed by atoms with E-state index >= 15 is 0 Å². The third-order valence-corrected chi connectivity index (χ3v) is 1.83. The molecule has 0 amide bonds. The zero-order valence-corrected chi connectivity index (χ0v) is 8.26. The molecular formula is C8H15ClN2. The number of allylic oxidation sites excluding steroid dienone is 1. The lowest BCUT2D eigenvalue weighted by Crippen LogP contribution is -2.05. The molecule has 1 atom stereocenters. The van der Waals surface area contributed by atoms with Gasteiger partial charge in [-0.1, -0.05) is 25.4 Å². The normalized spacial score (nSPS) is 16.4. The van der Waals surface area contributed by atoms with Crippen LogP contribution in [0.1, 0.15) is 27.7 Å². The maximum absolute atomic E-state index is 5.61. The van der Waals surface area contributed by atoms with Crippen molar-refractivity contribution in [2.45, 2.75) is 33.7 Å². The molecular weight excluding hydrogens is 160 g/mol. The van der Waals surface area contributed by atoms with E-state index in [1.165, 1.54) is 0 Å². The van der Waals surface area contributed by atoms with Crippen LogP contribution >= 0.6 is 11.6 Å². The number of halogens is 1. The van der Waals surface area contributed by atoms with Crippen LogP contribution in [-0.2, 0) is 0 Å². The summed E-state index contributed by atoms with van der Waals surface area (Å²) in [5, 5.41) is 8.29. The third-order valence-electron chi connectivity index (χ3n) is 1.54. The van der Waals surface area contributed by atoms with Crippen molar-refractivity contribution < 1.29 is 0 Å². The summed E-state index contributed by atoms with van der Waals surface area (Å²) in [6, 6.07) is 0.240. The summed E-state index contributed by atoms with van der Waals surface area (Å²) in [5.41, 5.74) is 0. The summed E-state index contributed by atoms with van der Waals surface area (Å²) >= 11 is 5.61. The van der Waals surface area contributed by atoms with Gasteiger partial charge in [0.25, 0.3) is 0 Å². The number of azo groups is 1. The molecule has 0 N–H and O–H groups in total. The predicted octanol–water partition coefficient (Wildman–Crippen LogP) is 3.58. The molecule has 0 fully saturated rings. The van der Waals surface area contributed by atoms with Gasteiger partial charge in [0.05, 0.1) is 6.04 Å². The molecule has 0 bridgehead atoms. The maximum Gasteiger partial charge on any atom is 0.146 e. The fraction of sp³-hybridized carbons (Fsp3) is 0.750. The van der Waals surface area contributed by atoms with Gasteiger partial charge in [-0.2, -0.15) is 5.11 Å². The Kier molecular flexibility index (Phi) is 5.12. The molecule has 0 aliphatic carbocycles. The van der Waals surface area contributed by atoms with Crippen molar-refractivity contribution in [2.75, 3.05) is 0 Å². The molecule has 0 saturated carbocycles. The van der Waals surface area contributed by atoms with E-state index in [0.717, 1.165) is 0 Å². The van der Waals surface area contributed by atoms with Gasteiger partial charge in [-0.3, -0.25) is 0 Å².